The van der Waals surface area contributed by atoms with Crippen molar-refractivity contribution in [1.29, 1.82) is 0 Å². The van der Waals surface area contributed by atoms with Gasteiger partial charge in [0.25, 0.3) is 0 Å². The lowest BCUT2D eigenvalue weighted by Gasteiger charge is -2.32. The Morgan fingerprint density at radius 2 is 1.92 bits per heavy atom. The summed E-state index contributed by atoms with van der Waals surface area (Å²) in [4.78, 5) is 6.85. The predicted octanol–water partition coefficient (Wildman–Crippen LogP) is 2.37. The zero-order valence-corrected chi connectivity index (χ0v) is 14.6. The molecule has 2 aliphatic heterocycles. The zero-order chi connectivity index (χ0) is 16.7. The summed E-state index contributed by atoms with van der Waals surface area (Å²) in [6.45, 7) is 2.87. The van der Waals surface area contributed by atoms with Crippen molar-refractivity contribution in [3.05, 3.63) is 47.7 Å². The molecule has 4 rings (SSSR count). The highest BCUT2D eigenvalue weighted by Crippen LogP contribution is 2.29. The minimum atomic E-state index is -3.59. The Labute approximate surface area is 146 Å². The Hall–Kier alpha value is -1.63. The van der Waals surface area contributed by atoms with Crippen molar-refractivity contribution in [2.45, 2.75) is 22.3 Å². The molecule has 2 aromatic rings. The number of aromatic nitrogens is 1. The topological polar surface area (TPSA) is 62.3 Å². The molecule has 0 saturated carbocycles. The molecule has 1 N–H and O–H groups in total. The van der Waals surface area contributed by atoms with Crippen LogP contribution in [0.5, 0.6) is 0 Å². The highest BCUT2D eigenvalue weighted by atomic mass is 35.5. The number of sulfone groups is 1. The third-order valence-corrected chi connectivity index (χ3v) is 6.72. The molecule has 2 saturated heterocycles. The Bertz CT molecular complexity index is 842. The molecule has 24 heavy (non-hydrogen) atoms. The minimum absolute atomic E-state index is 0.216. The molecule has 2 bridgehead atoms. The van der Waals surface area contributed by atoms with Crippen molar-refractivity contribution in [2.75, 3.05) is 24.5 Å². The lowest BCUT2D eigenvalue weighted by Crippen LogP contribution is -2.41. The van der Waals surface area contributed by atoms with Crippen LogP contribution in [0.1, 0.15) is 6.42 Å². The van der Waals surface area contributed by atoms with E-state index in [1.807, 2.05) is 0 Å². The van der Waals surface area contributed by atoms with Crippen molar-refractivity contribution in [3.63, 3.8) is 0 Å². The number of hydrogen-bond donors (Lipinski definition) is 1. The molecule has 7 heteroatoms. The van der Waals surface area contributed by atoms with Crippen molar-refractivity contribution in [3.8, 4) is 0 Å². The van der Waals surface area contributed by atoms with Gasteiger partial charge in [0, 0.05) is 36.9 Å². The van der Waals surface area contributed by atoms with E-state index in [0.29, 0.717) is 17.0 Å². The molecule has 0 aliphatic carbocycles. The summed E-state index contributed by atoms with van der Waals surface area (Å²) in [6.07, 6.45) is 4.35. The van der Waals surface area contributed by atoms with Gasteiger partial charge < -0.3 is 10.2 Å². The number of rotatable bonds is 3. The number of hydrogen-bond acceptors (Lipinski definition) is 5. The SMILES string of the molecule is O=S(=O)(c1ccc(Cl)cc1)c1cncc(N2CC3CNC(C3)C2)c1. The minimum Gasteiger partial charge on any atom is -0.368 e. The van der Waals surface area contributed by atoms with E-state index in [1.165, 1.54) is 24.8 Å². The molecule has 2 atom stereocenters. The summed E-state index contributed by atoms with van der Waals surface area (Å²) in [6, 6.07) is 8.42. The van der Waals surface area contributed by atoms with Crippen LogP contribution in [-0.4, -0.2) is 39.1 Å². The summed E-state index contributed by atoms with van der Waals surface area (Å²) in [5, 5.41) is 4.01. The quantitative estimate of drug-likeness (QED) is 0.907. The summed E-state index contributed by atoms with van der Waals surface area (Å²) in [5.74, 6) is 0.625. The number of piperidine rings is 1. The number of nitrogens with one attached hydrogen (secondary N) is 1. The van der Waals surface area contributed by atoms with Crippen molar-refractivity contribution < 1.29 is 8.42 Å². The summed E-state index contributed by atoms with van der Waals surface area (Å²) in [7, 11) is -3.59. The zero-order valence-electron chi connectivity index (χ0n) is 13.0. The fourth-order valence-corrected chi connectivity index (χ4v) is 4.89. The average Bonchev–Trinajstić information content (AvgIpc) is 2.93. The molecule has 3 heterocycles. The second-order valence-corrected chi connectivity index (χ2v) is 8.83. The van der Waals surface area contributed by atoms with Gasteiger partial charge in [0.15, 0.2) is 0 Å². The van der Waals surface area contributed by atoms with Crippen LogP contribution < -0.4 is 10.2 Å². The molecule has 2 aliphatic rings. The monoisotopic (exact) mass is 363 g/mol. The second-order valence-electron chi connectivity index (χ2n) is 6.45. The van der Waals surface area contributed by atoms with Gasteiger partial charge in [-0.3, -0.25) is 4.98 Å². The van der Waals surface area contributed by atoms with Gasteiger partial charge >= 0.3 is 0 Å². The van der Waals surface area contributed by atoms with Crippen molar-refractivity contribution >= 4 is 27.1 Å². The van der Waals surface area contributed by atoms with Gasteiger partial charge in [0.2, 0.25) is 9.84 Å². The Kier molecular flexibility index (Phi) is 3.98. The summed E-state index contributed by atoms with van der Waals surface area (Å²) in [5.41, 5.74) is 0.864. The average molecular weight is 364 g/mol. The number of benzene rings is 1. The first-order valence-electron chi connectivity index (χ1n) is 7.96. The molecule has 1 aromatic carbocycles. The van der Waals surface area contributed by atoms with Gasteiger partial charge in [-0.15, -0.1) is 0 Å². The van der Waals surface area contributed by atoms with Crippen LogP contribution in [0.2, 0.25) is 5.02 Å². The van der Waals surface area contributed by atoms with Gasteiger partial charge in [-0.2, -0.15) is 0 Å². The van der Waals surface area contributed by atoms with Crippen LogP contribution in [0.15, 0.2) is 52.5 Å². The first kappa shape index (κ1) is 15.9. The van der Waals surface area contributed by atoms with E-state index in [4.69, 9.17) is 11.6 Å². The molecular formula is C17H18ClN3O2S. The van der Waals surface area contributed by atoms with Crippen LogP contribution in [0.4, 0.5) is 5.69 Å². The van der Waals surface area contributed by atoms with Crippen LogP contribution in [0, 0.1) is 5.92 Å². The standard InChI is InChI=1S/C17H18ClN3O2S/c18-13-1-3-16(4-2-13)24(22,23)17-6-15(8-19-9-17)21-10-12-5-14(11-21)20-7-12/h1-4,6,8-9,12,14,20H,5,7,10-11H2. The van der Waals surface area contributed by atoms with E-state index in [1.54, 1.807) is 24.4 Å². The van der Waals surface area contributed by atoms with E-state index in [-0.39, 0.29) is 9.79 Å². The smallest absolute Gasteiger partial charge is 0.208 e. The normalized spacial score (nSPS) is 23.5. The molecule has 0 radical (unpaired) electrons. The third-order valence-electron chi connectivity index (χ3n) is 4.73. The van der Waals surface area contributed by atoms with Crippen LogP contribution in [0.25, 0.3) is 0 Å². The number of pyridine rings is 1. The maximum Gasteiger partial charge on any atom is 0.208 e. The van der Waals surface area contributed by atoms with Gasteiger partial charge in [-0.1, -0.05) is 11.6 Å². The molecule has 2 fully saturated rings. The lowest BCUT2D eigenvalue weighted by atomic mass is 10.00. The third kappa shape index (κ3) is 2.90. The van der Waals surface area contributed by atoms with Crippen LogP contribution >= 0.6 is 11.6 Å². The van der Waals surface area contributed by atoms with Crippen LogP contribution in [-0.2, 0) is 9.84 Å². The molecule has 1 aromatic heterocycles. The fraction of sp³-hybridized carbons (Fsp3) is 0.353. The Morgan fingerprint density at radius 3 is 2.67 bits per heavy atom. The first-order chi connectivity index (χ1) is 11.5. The van der Waals surface area contributed by atoms with Crippen molar-refractivity contribution in [1.82, 2.24) is 10.3 Å². The molecular weight excluding hydrogens is 346 g/mol. The van der Waals surface area contributed by atoms with Gasteiger partial charge in [0.1, 0.15) is 0 Å². The Balaban J connectivity index is 1.66. The second kappa shape index (κ2) is 6.02. The van der Waals surface area contributed by atoms with Gasteiger partial charge in [-0.25, -0.2) is 8.42 Å². The molecule has 5 nitrogen and oxygen atoms in total. The lowest BCUT2D eigenvalue weighted by molar-refractivity contribution is 0.474. The number of fused-ring (bicyclic) bond motifs is 2. The number of nitrogens with zero attached hydrogens (tertiary/aromatic N) is 2. The fourth-order valence-electron chi connectivity index (χ4n) is 3.52. The van der Waals surface area contributed by atoms with Crippen LogP contribution in [0.3, 0.4) is 0 Å². The highest BCUT2D eigenvalue weighted by molar-refractivity contribution is 7.91. The maximum absolute atomic E-state index is 12.8. The number of anilines is 1. The Morgan fingerprint density at radius 1 is 1.12 bits per heavy atom. The van der Waals surface area contributed by atoms with E-state index in [2.05, 4.69) is 15.2 Å². The molecule has 2 unspecified atom stereocenters. The highest BCUT2D eigenvalue weighted by Gasteiger charge is 2.33. The summed E-state index contributed by atoms with van der Waals surface area (Å²) < 4.78 is 25.6. The first-order valence-corrected chi connectivity index (χ1v) is 9.82. The largest absolute Gasteiger partial charge is 0.368 e. The predicted molar refractivity (Wildman–Crippen MR) is 93.3 cm³/mol. The van der Waals surface area contributed by atoms with E-state index < -0.39 is 9.84 Å². The molecule has 0 spiro atoms. The number of halogens is 1. The van der Waals surface area contributed by atoms with Gasteiger partial charge in [0.05, 0.1) is 21.7 Å². The van der Waals surface area contributed by atoms with Crippen molar-refractivity contribution in [2.24, 2.45) is 5.92 Å². The molecule has 126 valence electrons. The summed E-state index contributed by atoms with van der Waals surface area (Å²) >= 11 is 5.85. The van der Waals surface area contributed by atoms with E-state index in [9.17, 15) is 8.42 Å². The van der Waals surface area contributed by atoms with Gasteiger partial charge in [-0.05, 0) is 42.7 Å². The van der Waals surface area contributed by atoms with E-state index in [0.717, 1.165) is 25.3 Å². The van der Waals surface area contributed by atoms with E-state index >= 15 is 0 Å². The maximum atomic E-state index is 12.8. The molecule has 0 amide bonds.